The third-order valence-corrected chi connectivity index (χ3v) is 9.32. The molecular weight excluding hydrogens is 586 g/mol. The largest absolute Gasteiger partial charge is 0.497 e. The Bertz CT molecular complexity index is 1880. The lowest BCUT2D eigenvalue weighted by molar-refractivity contribution is -0.112. The molecule has 4 aliphatic heterocycles. The van der Waals surface area contributed by atoms with Gasteiger partial charge in [-0.15, -0.1) is 0 Å². The van der Waals surface area contributed by atoms with Crippen molar-refractivity contribution < 1.29 is 33.3 Å². The number of thioether (sulfide) groups is 2. The average Bonchev–Trinajstić information content (AvgIpc) is 3.66. The Hall–Kier alpha value is -4.54. The molecule has 4 aliphatic rings. The number of methoxy groups -OCH3 is 1. The molecule has 0 fully saturated rings. The molecule has 1 aromatic heterocycles. The van der Waals surface area contributed by atoms with Gasteiger partial charge in [0.2, 0.25) is 11.5 Å². The predicted molar refractivity (Wildman–Crippen MR) is 166 cm³/mol. The van der Waals surface area contributed by atoms with Crippen LogP contribution in [-0.2, 0) is 28.5 Å². The van der Waals surface area contributed by atoms with Crippen molar-refractivity contribution in [2.45, 2.75) is 0 Å². The van der Waals surface area contributed by atoms with Gasteiger partial charge in [-0.05, 0) is 95.3 Å². The topological polar surface area (TPSA) is 85.2 Å². The fraction of sp³-hybridized carbons (Fsp3) is 0.152. The highest BCUT2D eigenvalue weighted by atomic mass is 32.2. The zero-order chi connectivity index (χ0) is 29.1. The summed E-state index contributed by atoms with van der Waals surface area (Å²) in [6.07, 6.45) is 3.94. The van der Waals surface area contributed by atoms with Crippen LogP contribution in [-0.4, -0.2) is 48.3 Å². The van der Waals surface area contributed by atoms with E-state index in [0.29, 0.717) is 49.5 Å². The number of fused-ring (bicyclic) bond motifs is 3. The summed E-state index contributed by atoms with van der Waals surface area (Å²) in [6, 6.07) is 20.5. The van der Waals surface area contributed by atoms with Gasteiger partial charge in [0, 0.05) is 16.5 Å². The highest BCUT2D eigenvalue weighted by Crippen LogP contribution is 2.43. The lowest BCUT2D eigenvalue weighted by atomic mass is 10.1. The summed E-state index contributed by atoms with van der Waals surface area (Å²) in [7, 11) is 1.65. The highest BCUT2D eigenvalue weighted by molar-refractivity contribution is 8.18. The van der Waals surface area contributed by atoms with Gasteiger partial charge in [-0.3, -0.25) is 9.59 Å². The molecule has 0 saturated carbocycles. The summed E-state index contributed by atoms with van der Waals surface area (Å²) in [6.45, 7) is 1.57. The molecule has 0 N–H and O–H groups in total. The van der Waals surface area contributed by atoms with Crippen LogP contribution in [0.1, 0.15) is 11.1 Å². The molecule has 0 spiro atoms. The molecular formula is C33H23NO7S2. The Morgan fingerprint density at radius 1 is 0.651 bits per heavy atom. The summed E-state index contributed by atoms with van der Waals surface area (Å²) < 4.78 is 30.3. The fourth-order valence-electron chi connectivity index (χ4n) is 5.63. The minimum absolute atomic E-state index is 0.135. The minimum atomic E-state index is -0.135. The zero-order valence-electron chi connectivity index (χ0n) is 22.9. The molecule has 0 atom stereocenters. The molecule has 214 valence electrons. The van der Waals surface area contributed by atoms with Gasteiger partial charge in [0.05, 0.1) is 28.0 Å². The van der Waals surface area contributed by atoms with Crippen molar-refractivity contribution in [3.63, 3.8) is 0 Å². The molecule has 0 radical (unpaired) electrons. The molecule has 10 heteroatoms. The first kappa shape index (κ1) is 26.1. The van der Waals surface area contributed by atoms with Crippen molar-refractivity contribution in [1.82, 2.24) is 4.57 Å². The van der Waals surface area contributed by atoms with Crippen molar-refractivity contribution in [1.29, 1.82) is 0 Å². The second-order valence-electron chi connectivity index (χ2n) is 10.1. The number of benzene rings is 3. The number of hydrogen-bond donors (Lipinski definition) is 0. The predicted octanol–water partition coefficient (Wildman–Crippen LogP) is 6.54. The van der Waals surface area contributed by atoms with E-state index in [-0.39, 0.29) is 10.2 Å². The Kier molecular flexibility index (Phi) is 6.27. The summed E-state index contributed by atoms with van der Waals surface area (Å²) >= 11 is 2.25. The second kappa shape index (κ2) is 10.3. The molecule has 4 aromatic rings. The number of carbonyl (C=O) groups excluding carboxylic acids is 2. The lowest BCUT2D eigenvalue weighted by Gasteiger charge is -2.15. The monoisotopic (exact) mass is 609 g/mol. The van der Waals surface area contributed by atoms with Gasteiger partial charge in [0.15, 0.2) is 11.5 Å². The molecule has 0 unspecified atom stereocenters. The number of hydrogen-bond acceptors (Lipinski definition) is 9. The molecule has 0 amide bonds. The van der Waals surface area contributed by atoms with Crippen LogP contribution in [0.25, 0.3) is 39.6 Å². The second-order valence-corrected chi connectivity index (χ2v) is 12.1. The minimum Gasteiger partial charge on any atom is -0.497 e. The van der Waals surface area contributed by atoms with E-state index in [2.05, 4.69) is 28.8 Å². The van der Waals surface area contributed by atoms with Crippen LogP contribution in [0.5, 0.6) is 5.75 Å². The standard InChI is InChI=1S/C33H23NO7S2/c1-37-21-6-4-20(5-7-21)34-24-8-2-18(16-26-28-30(32(35)42-26)40-12-10-38-28)14-22(24)23-15-19(3-9-25(23)34)17-27-29-31(33(36)43-27)41-13-11-39-29/h2-9,14-17H,10-13H2,1H3/b26-16-,27-17-. The summed E-state index contributed by atoms with van der Waals surface area (Å²) in [5, 5.41) is 1.81. The Morgan fingerprint density at radius 3 is 1.58 bits per heavy atom. The van der Waals surface area contributed by atoms with Crippen LogP contribution in [0.2, 0.25) is 0 Å². The van der Waals surface area contributed by atoms with Crippen molar-refractivity contribution in [3.8, 4) is 11.4 Å². The van der Waals surface area contributed by atoms with Gasteiger partial charge in [0.1, 0.15) is 32.2 Å². The Morgan fingerprint density at radius 2 is 1.12 bits per heavy atom. The van der Waals surface area contributed by atoms with Crippen LogP contribution in [0.3, 0.4) is 0 Å². The van der Waals surface area contributed by atoms with Crippen LogP contribution in [0.4, 0.5) is 0 Å². The van der Waals surface area contributed by atoms with Gasteiger partial charge in [-0.2, -0.15) is 0 Å². The van der Waals surface area contributed by atoms with E-state index in [0.717, 1.165) is 77.7 Å². The molecule has 8 nitrogen and oxygen atoms in total. The third-order valence-electron chi connectivity index (χ3n) is 7.53. The number of rotatable bonds is 4. The van der Waals surface area contributed by atoms with E-state index in [9.17, 15) is 9.59 Å². The first-order chi connectivity index (χ1) is 21.1. The zero-order valence-corrected chi connectivity index (χ0v) is 24.5. The molecule has 0 saturated heterocycles. The van der Waals surface area contributed by atoms with Gasteiger partial charge in [-0.25, -0.2) is 0 Å². The summed E-state index contributed by atoms with van der Waals surface area (Å²) in [4.78, 5) is 26.5. The molecule has 43 heavy (non-hydrogen) atoms. The quantitative estimate of drug-likeness (QED) is 0.256. The molecule has 8 rings (SSSR count). The van der Waals surface area contributed by atoms with E-state index in [1.54, 1.807) is 7.11 Å². The average molecular weight is 610 g/mol. The molecule has 0 aliphatic carbocycles. The highest BCUT2D eigenvalue weighted by Gasteiger charge is 2.35. The fourth-order valence-corrected chi connectivity index (χ4v) is 7.40. The lowest BCUT2D eigenvalue weighted by Crippen LogP contribution is -2.13. The molecule has 5 heterocycles. The number of carbonyl (C=O) groups is 2. The molecule has 3 aromatic carbocycles. The SMILES string of the molecule is COc1ccc(-n2c3ccc(/C=C4\SC(=O)C5=C4OCCO5)cc3c3cc(/C=C4\SC(=O)C5=C4OCCO5)ccc32)cc1. The Balaban J connectivity index is 1.28. The van der Waals surface area contributed by atoms with Crippen molar-refractivity contribution >= 4 is 67.7 Å². The van der Waals surface area contributed by atoms with Crippen LogP contribution in [0, 0.1) is 0 Å². The first-order valence-corrected chi connectivity index (χ1v) is 15.3. The number of aromatic nitrogens is 1. The summed E-state index contributed by atoms with van der Waals surface area (Å²) in [5.41, 5.74) is 4.92. The summed E-state index contributed by atoms with van der Waals surface area (Å²) in [5.74, 6) is 2.41. The third kappa shape index (κ3) is 4.40. The van der Waals surface area contributed by atoms with Crippen molar-refractivity contribution in [2.75, 3.05) is 33.5 Å². The van der Waals surface area contributed by atoms with E-state index in [4.69, 9.17) is 23.7 Å². The number of ether oxygens (including phenoxy) is 5. The van der Waals surface area contributed by atoms with E-state index in [1.807, 2.05) is 48.6 Å². The van der Waals surface area contributed by atoms with Gasteiger partial charge >= 0.3 is 0 Å². The van der Waals surface area contributed by atoms with Crippen LogP contribution >= 0.6 is 23.5 Å². The number of nitrogens with zero attached hydrogens (tertiary/aromatic N) is 1. The van der Waals surface area contributed by atoms with Gasteiger partial charge in [-0.1, -0.05) is 12.1 Å². The normalized spacial score (nSPS) is 19.9. The maximum atomic E-state index is 12.5. The smallest absolute Gasteiger partial charge is 0.262 e. The first-order valence-electron chi connectivity index (χ1n) is 13.7. The van der Waals surface area contributed by atoms with Crippen LogP contribution < -0.4 is 4.74 Å². The van der Waals surface area contributed by atoms with E-state index in [1.165, 1.54) is 0 Å². The van der Waals surface area contributed by atoms with Gasteiger partial charge < -0.3 is 28.3 Å². The Labute approximate surface area is 254 Å². The van der Waals surface area contributed by atoms with E-state index >= 15 is 0 Å². The maximum Gasteiger partial charge on any atom is 0.262 e. The maximum absolute atomic E-state index is 12.5. The van der Waals surface area contributed by atoms with Gasteiger partial charge in [0.25, 0.3) is 10.2 Å². The van der Waals surface area contributed by atoms with Crippen LogP contribution in [0.15, 0.2) is 93.5 Å². The van der Waals surface area contributed by atoms with Crippen molar-refractivity contribution in [3.05, 3.63) is 105 Å². The van der Waals surface area contributed by atoms with E-state index < -0.39 is 0 Å². The van der Waals surface area contributed by atoms with Crippen molar-refractivity contribution in [2.24, 2.45) is 0 Å². The molecule has 0 bridgehead atoms.